The van der Waals surface area contributed by atoms with E-state index in [-0.39, 0.29) is 25.3 Å². The van der Waals surface area contributed by atoms with E-state index in [4.69, 9.17) is 16.2 Å². The molecule has 0 bridgehead atoms. The highest BCUT2D eigenvalue weighted by atomic mass is 16.6. The quantitative estimate of drug-likeness (QED) is 0.365. The lowest BCUT2D eigenvalue weighted by Gasteiger charge is -2.36. The summed E-state index contributed by atoms with van der Waals surface area (Å²) in [5.41, 5.74) is 16.4. The first-order chi connectivity index (χ1) is 20.5. The maximum atomic E-state index is 13.3. The summed E-state index contributed by atoms with van der Waals surface area (Å²) in [7, 11) is 0. The second kappa shape index (κ2) is 12.4. The second-order valence-corrected chi connectivity index (χ2v) is 12.2. The van der Waals surface area contributed by atoms with Gasteiger partial charge in [-0.2, -0.15) is 0 Å². The van der Waals surface area contributed by atoms with Gasteiger partial charge in [-0.1, -0.05) is 36.4 Å². The van der Waals surface area contributed by atoms with Crippen LogP contribution in [-0.4, -0.2) is 70.4 Å². The highest BCUT2D eigenvalue weighted by Gasteiger charge is 2.36. The van der Waals surface area contributed by atoms with E-state index in [9.17, 15) is 14.4 Å². The summed E-state index contributed by atoms with van der Waals surface area (Å²) in [5.74, 6) is -0.959. The van der Waals surface area contributed by atoms with Crippen LogP contribution in [0.5, 0.6) is 0 Å². The number of hydrogen-bond donors (Lipinski definition) is 2. The van der Waals surface area contributed by atoms with E-state index in [0.717, 1.165) is 49.5 Å². The smallest absolute Gasteiger partial charge is 0.306 e. The van der Waals surface area contributed by atoms with Gasteiger partial charge < -0.3 is 26.0 Å². The lowest BCUT2D eigenvalue weighted by molar-refractivity contribution is -0.155. The summed E-state index contributed by atoms with van der Waals surface area (Å²) in [6.45, 7) is 10.1. The molecule has 2 aromatic carbocycles. The lowest BCUT2D eigenvalue weighted by atomic mass is 10.0. The van der Waals surface area contributed by atoms with Crippen LogP contribution >= 0.6 is 0 Å². The number of ether oxygens (including phenoxy) is 1. The van der Waals surface area contributed by atoms with E-state index in [1.54, 1.807) is 26.8 Å². The lowest BCUT2D eigenvalue weighted by Crippen LogP contribution is -2.46. The zero-order chi connectivity index (χ0) is 30.7. The highest BCUT2D eigenvalue weighted by molar-refractivity contribution is 6.01. The summed E-state index contributed by atoms with van der Waals surface area (Å²) in [4.78, 5) is 48.7. The first kappa shape index (κ1) is 30.0. The number of aromatic nitrogens is 1. The van der Waals surface area contributed by atoms with Gasteiger partial charge in [0.25, 0.3) is 5.91 Å². The molecule has 0 saturated carbocycles. The molecule has 0 aliphatic carbocycles. The number of pyridine rings is 1. The predicted octanol–water partition coefficient (Wildman–Crippen LogP) is 3.58. The van der Waals surface area contributed by atoms with Crippen molar-refractivity contribution in [3.63, 3.8) is 0 Å². The molecule has 43 heavy (non-hydrogen) atoms. The Hall–Kier alpha value is -4.44. The van der Waals surface area contributed by atoms with E-state index < -0.39 is 23.5 Å². The average molecular weight is 585 g/mol. The zero-order valence-corrected chi connectivity index (χ0v) is 25.1. The number of carbonyl (C=O) groups excluding carboxylic acids is 3. The van der Waals surface area contributed by atoms with Gasteiger partial charge in [-0.3, -0.25) is 19.3 Å². The number of carbonyl (C=O) groups is 3. The average Bonchev–Trinajstić information content (AvgIpc) is 3.28. The fourth-order valence-corrected chi connectivity index (χ4v) is 5.73. The zero-order valence-electron chi connectivity index (χ0n) is 25.1. The Morgan fingerprint density at radius 2 is 1.72 bits per heavy atom. The van der Waals surface area contributed by atoms with Crippen molar-refractivity contribution < 1.29 is 19.1 Å². The van der Waals surface area contributed by atoms with Crippen LogP contribution in [0.25, 0.3) is 11.3 Å². The minimum absolute atomic E-state index is 0.0211. The van der Waals surface area contributed by atoms with Gasteiger partial charge in [0, 0.05) is 68.6 Å². The Labute approximate surface area is 252 Å². The molecular formula is C33H40N6O4. The molecular weight excluding hydrogens is 544 g/mol. The van der Waals surface area contributed by atoms with Crippen molar-refractivity contribution in [2.75, 3.05) is 36.8 Å². The molecule has 2 aliphatic rings. The number of nitrogens with two attached hydrogens (primary N) is 2. The molecule has 2 amide bonds. The molecule has 0 radical (unpaired) electrons. The third-order valence-electron chi connectivity index (χ3n) is 7.80. The molecule has 10 nitrogen and oxygen atoms in total. The minimum atomic E-state index is -0.923. The number of nitrogen functional groups attached to an aromatic ring is 1. The molecule has 1 aromatic heterocycles. The van der Waals surface area contributed by atoms with Crippen molar-refractivity contribution in [1.29, 1.82) is 0 Å². The molecule has 1 unspecified atom stereocenters. The number of piperazine rings is 1. The monoisotopic (exact) mass is 584 g/mol. The highest BCUT2D eigenvalue weighted by Crippen LogP contribution is 2.32. The number of primary amides is 1. The Kier molecular flexibility index (Phi) is 8.68. The van der Waals surface area contributed by atoms with Crippen LogP contribution in [0.1, 0.15) is 55.1 Å². The number of esters is 1. The number of fused-ring (bicyclic) bond motifs is 1. The van der Waals surface area contributed by atoms with Crippen LogP contribution in [0, 0.1) is 0 Å². The first-order valence-corrected chi connectivity index (χ1v) is 14.7. The first-order valence-electron chi connectivity index (χ1n) is 14.7. The van der Waals surface area contributed by atoms with Crippen LogP contribution in [-0.2, 0) is 27.4 Å². The van der Waals surface area contributed by atoms with Gasteiger partial charge in [0.05, 0.1) is 5.69 Å². The maximum Gasteiger partial charge on any atom is 0.306 e. The van der Waals surface area contributed by atoms with Crippen molar-refractivity contribution in [3.05, 3.63) is 77.4 Å². The summed E-state index contributed by atoms with van der Waals surface area (Å²) in [5, 5.41) is 0. The Morgan fingerprint density at radius 3 is 2.40 bits per heavy atom. The van der Waals surface area contributed by atoms with Gasteiger partial charge in [0.2, 0.25) is 5.91 Å². The molecule has 2 aliphatic heterocycles. The van der Waals surface area contributed by atoms with Gasteiger partial charge in [-0.25, -0.2) is 4.98 Å². The number of rotatable bonds is 9. The van der Waals surface area contributed by atoms with Gasteiger partial charge in [0.15, 0.2) is 0 Å². The molecule has 0 spiro atoms. The molecule has 3 aromatic rings. The summed E-state index contributed by atoms with van der Waals surface area (Å²) < 4.78 is 5.36. The fourth-order valence-electron chi connectivity index (χ4n) is 5.73. The van der Waals surface area contributed by atoms with Crippen molar-refractivity contribution >= 4 is 29.3 Å². The number of anilines is 2. The van der Waals surface area contributed by atoms with E-state index >= 15 is 0 Å². The number of nitrogens with zero attached hydrogens (tertiary/aromatic N) is 4. The normalized spacial score (nSPS) is 16.2. The van der Waals surface area contributed by atoms with Crippen LogP contribution in [0.15, 0.2) is 60.7 Å². The van der Waals surface area contributed by atoms with Crippen LogP contribution in [0.4, 0.5) is 11.5 Å². The van der Waals surface area contributed by atoms with E-state index in [1.165, 1.54) is 10.5 Å². The number of amides is 2. The Bertz CT molecular complexity index is 1490. The van der Waals surface area contributed by atoms with Crippen molar-refractivity contribution in [2.24, 2.45) is 5.73 Å². The van der Waals surface area contributed by atoms with Gasteiger partial charge in [-0.05, 0) is 56.5 Å². The predicted molar refractivity (Wildman–Crippen MR) is 166 cm³/mol. The molecule has 4 N–H and O–H groups in total. The van der Waals surface area contributed by atoms with E-state index in [0.29, 0.717) is 17.1 Å². The number of benzene rings is 2. The van der Waals surface area contributed by atoms with Crippen molar-refractivity contribution in [2.45, 2.75) is 58.3 Å². The molecule has 226 valence electrons. The SMILES string of the molecule is CC(C)(C)OC(=O)CCC(C(N)=O)N1Cc2cc(-c3cc(N4CCN(Cc5ccccc5)CC4)cc(N)n3)ccc2C1=O. The van der Waals surface area contributed by atoms with Crippen molar-refractivity contribution in [1.82, 2.24) is 14.8 Å². The van der Waals surface area contributed by atoms with Gasteiger partial charge in [0.1, 0.15) is 17.5 Å². The molecule has 3 heterocycles. The second-order valence-electron chi connectivity index (χ2n) is 12.2. The van der Waals surface area contributed by atoms with Crippen LogP contribution in [0.3, 0.4) is 0 Å². The van der Waals surface area contributed by atoms with Gasteiger partial charge in [-0.15, -0.1) is 0 Å². The largest absolute Gasteiger partial charge is 0.460 e. The molecule has 1 atom stereocenters. The molecule has 1 saturated heterocycles. The maximum absolute atomic E-state index is 13.3. The molecule has 1 fully saturated rings. The Balaban J connectivity index is 1.27. The van der Waals surface area contributed by atoms with Gasteiger partial charge >= 0.3 is 5.97 Å². The molecule has 5 rings (SSSR count). The number of hydrogen-bond acceptors (Lipinski definition) is 8. The topological polar surface area (TPSA) is 135 Å². The van der Waals surface area contributed by atoms with Crippen molar-refractivity contribution in [3.8, 4) is 11.3 Å². The fraction of sp³-hybridized carbons (Fsp3) is 0.394. The standard InChI is InChI=1S/C33H40N6O4/c1-33(2,3)43-30(40)12-11-28(31(35)41)39-21-24-17-23(9-10-26(24)32(39)42)27-18-25(19-29(34)36-27)38-15-13-37(14-16-38)20-22-7-5-4-6-8-22/h4-10,17-19,28H,11-16,20-21H2,1-3H3,(H2,34,36)(H2,35,41). The minimum Gasteiger partial charge on any atom is -0.460 e. The summed E-state index contributed by atoms with van der Waals surface area (Å²) in [6.07, 6.45) is 0.0718. The third-order valence-corrected chi connectivity index (χ3v) is 7.80. The van der Waals surface area contributed by atoms with E-state index in [1.807, 2.05) is 30.3 Å². The van der Waals surface area contributed by atoms with Crippen LogP contribution in [0.2, 0.25) is 0 Å². The van der Waals surface area contributed by atoms with E-state index in [2.05, 4.69) is 39.0 Å². The summed E-state index contributed by atoms with van der Waals surface area (Å²) in [6, 6.07) is 19.0. The molecule has 10 heteroatoms. The Morgan fingerprint density at radius 1 is 1.00 bits per heavy atom. The third kappa shape index (κ3) is 7.32. The summed E-state index contributed by atoms with van der Waals surface area (Å²) >= 11 is 0. The van der Waals surface area contributed by atoms with Crippen LogP contribution < -0.4 is 16.4 Å².